The molecule has 0 atom stereocenters. The van der Waals surface area contributed by atoms with Gasteiger partial charge in [-0.3, -0.25) is 9.59 Å². The molecule has 10 heteroatoms. The molecule has 0 radical (unpaired) electrons. The van der Waals surface area contributed by atoms with Crippen molar-refractivity contribution in [3.63, 3.8) is 0 Å². The van der Waals surface area contributed by atoms with E-state index in [1.807, 2.05) is 31.2 Å². The Kier molecular flexibility index (Phi) is 6.25. The molecule has 10 nitrogen and oxygen atoms in total. The molecule has 0 aliphatic heterocycles. The molecule has 0 bridgehead atoms. The highest BCUT2D eigenvalue weighted by Crippen LogP contribution is 2.26. The van der Waals surface area contributed by atoms with E-state index in [-0.39, 0.29) is 6.54 Å². The second-order valence-corrected chi connectivity index (χ2v) is 7.06. The van der Waals surface area contributed by atoms with E-state index in [4.69, 9.17) is 14.2 Å². The van der Waals surface area contributed by atoms with Crippen LogP contribution in [0.2, 0.25) is 0 Å². The zero-order chi connectivity index (χ0) is 23.4. The molecule has 0 spiro atoms. The van der Waals surface area contributed by atoms with Crippen molar-refractivity contribution in [3.8, 4) is 28.5 Å². The van der Waals surface area contributed by atoms with Crippen LogP contribution in [0.25, 0.3) is 16.8 Å². The number of carbonyl (C=O) groups excluding carboxylic acids is 1. The molecule has 170 valence electrons. The maximum atomic E-state index is 12.9. The maximum absolute atomic E-state index is 12.9. The van der Waals surface area contributed by atoms with Gasteiger partial charge in [-0.2, -0.15) is 10.2 Å². The Morgan fingerprint density at radius 2 is 1.70 bits per heavy atom. The van der Waals surface area contributed by atoms with Crippen LogP contribution < -0.4 is 25.1 Å². The fourth-order valence-corrected chi connectivity index (χ4v) is 3.30. The van der Waals surface area contributed by atoms with Crippen LogP contribution in [0, 0.1) is 0 Å². The van der Waals surface area contributed by atoms with Crippen molar-refractivity contribution in [2.75, 3.05) is 26.1 Å². The van der Waals surface area contributed by atoms with E-state index in [9.17, 15) is 9.59 Å². The lowest BCUT2D eigenvalue weighted by atomic mass is 10.1. The lowest BCUT2D eigenvalue weighted by Crippen LogP contribution is -2.30. The summed E-state index contributed by atoms with van der Waals surface area (Å²) in [6.45, 7) is 2.23. The minimum Gasteiger partial charge on any atom is -0.497 e. The van der Waals surface area contributed by atoms with Crippen LogP contribution in [0.5, 0.6) is 17.2 Å². The van der Waals surface area contributed by atoms with E-state index in [1.165, 1.54) is 25.1 Å². The van der Waals surface area contributed by atoms with Crippen molar-refractivity contribution < 1.29 is 19.0 Å². The molecule has 0 unspecified atom stereocenters. The summed E-state index contributed by atoms with van der Waals surface area (Å²) in [6.07, 6.45) is 1.40. The summed E-state index contributed by atoms with van der Waals surface area (Å²) in [7, 11) is 3.04. The molecule has 1 amide bonds. The minimum atomic E-state index is -0.430. The zero-order valence-corrected chi connectivity index (χ0v) is 18.4. The fraction of sp³-hybridized carbons (Fsp3) is 0.217. The number of nitrogens with zero attached hydrogens (tertiary/aromatic N) is 4. The molecule has 0 saturated carbocycles. The summed E-state index contributed by atoms with van der Waals surface area (Å²) in [5.41, 5.74) is 1.80. The SMILES string of the molecule is CCOc1ccc(-c2cc3c(=O)n(CC(=O)Nc4cc(OC)cc(OC)c4)ncn3n2)cc1. The number of fused-ring (bicyclic) bond motifs is 1. The van der Waals surface area contributed by atoms with Gasteiger partial charge in [0.25, 0.3) is 5.56 Å². The molecule has 4 aromatic rings. The van der Waals surface area contributed by atoms with Gasteiger partial charge in [-0.15, -0.1) is 0 Å². The Labute approximate surface area is 189 Å². The Bertz CT molecular complexity index is 1320. The molecule has 4 rings (SSSR count). The van der Waals surface area contributed by atoms with Crippen LogP contribution in [0.4, 0.5) is 5.69 Å². The Hall–Kier alpha value is -4.34. The van der Waals surface area contributed by atoms with E-state index in [0.717, 1.165) is 16.0 Å². The number of anilines is 1. The standard InChI is InChI=1S/C23H23N5O5/c1-4-33-17-7-5-15(6-8-17)20-12-21-23(30)27(24-14-28(21)26-20)13-22(29)25-16-9-18(31-2)11-19(10-16)32-3/h5-12,14H,4,13H2,1-3H3,(H,25,29). The number of nitrogens with one attached hydrogen (secondary N) is 1. The van der Waals surface area contributed by atoms with E-state index >= 15 is 0 Å². The second kappa shape index (κ2) is 9.43. The molecule has 2 heterocycles. The fourth-order valence-electron chi connectivity index (χ4n) is 3.30. The Balaban J connectivity index is 1.55. The van der Waals surface area contributed by atoms with Crippen molar-refractivity contribution in [1.29, 1.82) is 0 Å². The number of hydrogen-bond acceptors (Lipinski definition) is 7. The van der Waals surface area contributed by atoms with Gasteiger partial charge in [0.05, 0.1) is 26.5 Å². The van der Waals surface area contributed by atoms with Crippen LogP contribution >= 0.6 is 0 Å². The van der Waals surface area contributed by atoms with Crippen molar-refractivity contribution in [2.45, 2.75) is 13.5 Å². The number of ether oxygens (including phenoxy) is 3. The smallest absolute Gasteiger partial charge is 0.293 e. The quantitative estimate of drug-likeness (QED) is 0.440. The van der Waals surface area contributed by atoms with E-state index in [2.05, 4.69) is 15.5 Å². The van der Waals surface area contributed by atoms with Crippen LogP contribution in [-0.4, -0.2) is 46.1 Å². The summed E-state index contributed by atoms with van der Waals surface area (Å²) in [4.78, 5) is 25.5. The normalized spacial score (nSPS) is 10.8. The molecule has 33 heavy (non-hydrogen) atoms. The molecular formula is C23H23N5O5. The lowest BCUT2D eigenvalue weighted by Gasteiger charge is -2.10. The number of amides is 1. The van der Waals surface area contributed by atoms with Crippen molar-refractivity contribution in [2.24, 2.45) is 0 Å². The first-order valence-electron chi connectivity index (χ1n) is 10.2. The number of rotatable bonds is 8. The van der Waals surface area contributed by atoms with Gasteiger partial charge in [0.2, 0.25) is 5.91 Å². The molecule has 2 aromatic heterocycles. The predicted octanol–water partition coefficient (Wildman–Crippen LogP) is 2.61. The predicted molar refractivity (Wildman–Crippen MR) is 122 cm³/mol. The third-order valence-electron chi connectivity index (χ3n) is 4.88. The van der Waals surface area contributed by atoms with Gasteiger partial charge in [0.15, 0.2) is 0 Å². The third-order valence-corrected chi connectivity index (χ3v) is 4.88. The maximum Gasteiger partial charge on any atom is 0.293 e. The number of carbonyl (C=O) groups is 1. The van der Waals surface area contributed by atoms with Gasteiger partial charge in [0, 0.05) is 29.4 Å². The first-order chi connectivity index (χ1) is 16.0. The summed E-state index contributed by atoms with van der Waals surface area (Å²) in [5.74, 6) is 1.40. The summed E-state index contributed by atoms with van der Waals surface area (Å²) in [5, 5.41) is 11.2. The Morgan fingerprint density at radius 1 is 1.00 bits per heavy atom. The largest absolute Gasteiger partial charge is 0.497 e. The summed E-state index contributed by atoms with van der Waals surface area (Å²) >= 11 is 0. The van der Waals surface area contributed by atoms with Gasteiger partial charge in [-0.25, -0.2) is 9.20 Å². The number of methoxy groups -OCH3 is 2. The average molecular weight is 449 g/mol. The van der Waals surface area contributed by atoms with Gasteiger partial charge in [-0.1, -0.05) is 0 Å². The Morgan fingerprint density at radius 3 is 2.33 bits per heavy atom. The second-order valence-electron chi connectivity index (χ2n) is 7.06. The minimum absolute atomic E-state index is 0.265. The number of hydrogen-bond donors (Lipinski definition) is 1. The van der Waals surface area contributed by atoms with Crippen LogP contribution in [0.3, 0.4) is 0 Å². The third kappa shape index (κ3) is 4.79. The molecule has 0 aliphatic carbocycles. The highest BCUT2D eigenvalue weighted by Gasteiger charge is 2.13. The van der Waals surface area contributed by atoms with Gasteiger partial charge >= 0.3 is 0 Å². The molecule has 0 aliphatic rings. The van der Waals surface area contributed by atoms with Gasteiger partial charge in [0.1, 0.15) is 35.6 Å². The summed E-state index contributed by atoms with van der Waals surface area (Å²) < 4.78 is 18.4. The van der Waals surface area contributed by atoms with Crippen LogP contribution in [0.1, 0.15) is 6.92 Å². The molecular weight excluding hydrogens is 426 g/mol. The van der Waals surface area contributed by atoms with E-state index in [1.54, 1.807) is 24.3 Å². The highest BCUT2D eigenvalue weighted by atomic mass is 16.5. The lowest BCUT2D eigenvalue weighted by molar-refractivity contribution is -0.117. The zero-order valence-electron chi connectivity index (χ0n) is 18.4. The first kappa shape index (κ1) is 21.9. The summed E-state index contributed by atoms with van der Waals surface area (Å²) in [6, 6.07) is 14.1. The van der Waals surface area contributed by atoms with Crippen molar-refractivity contribution in [1.82, 2.24) is 19.4 Å². The molecule has 2 aromatic carbocycles. The van der Waals surface area contributed by atoms with Gasteiger partial charge < -0.3 is 19.5 Å². The number of aromatic nitrogens is 4. The highest BCUT2D eigenvalue weighted by molar-refractivity contribution is 5.91. The van der Waals surface area contributed by atoms with Crippen LogP contribution in [-0.2, 0) is 11.3 Å². The van der Waals surface area contributed by atoms with Crippen molar-refractivity contribution in [3.05, 3.63) is 65.2 Å². The van der Waals surface area contributed by atoms with Gasteiger partial charge in [-0.05, 0) is 37.3 Å². The first-order valence-corrected chi connectivity index (χ1v) is 10.2. The topological polar surface area (TPSA) is 109 Å². The molecule has 0 saturated heterocycles. The number of benzene rings is 2. The van der Waals surface area contributed by atoms with Crippen LogP contribution in [0.15, 0.2) is 59.7 Å². The average Bonchev–Trinajstić information content (AvgIpc) is 3.26. The van der Waals surface area contributed by atoms with E-state index < -0.39 is 11.5 Å². The van der Waals surface area contributed by atoms with E-state index in [0.29, 0.717) is 35.0 Å². The van der Waals surface area contributed by atoms with Crippen molar-refractivity contribution >= 4 is 17.1 Å². The molecule has 1 N–H and O–H groups in total. The molecule has 0 fully saturated rings. The monoisotopic (exact) mass is 449 g/mol.